The lowest BCUT2D eigenvalue weighted by Gasteiger charge is -2.21. The fourth-order valence-electron chi connectivity index (χ4n) is 4.47. The maximum absolute atomic E-state index is 12.8. The summed E-state index contributed by atoms with van der Waals surface area (Å²) in [4.78, 5) is 58.9. The predicted octanol–water partition coefficient (Wildman–Crippen LogP) is 3.84. The molecule has 0 fully saturated rings. The molecule has 0 radical (unpaired) electrons. The average molecular weight is 688 g/mol. The maximum atomic E-state index is 12.8. The molecule has 1 unspecified atom stereocenters. The van der Waals surface area contributed by atoms with Crippen molar-refractivity contribution in [3.05, 3.63) is 45.6 Å². The number of fused-ring (bicyclic) bond motifs is 2. The number of thiophene rings is 1. The minimum absolute atomic E-state index is 0.147. The number of aldehydes is 1. The first-order valence-electron chi connectivity index (χ1n) is 14.8. The Kier molecular flexibility index (Phi) is 13.4. The number of hydrogen-bond acceptors (Lipinski definition) is 13. The normalized spacial score (nSPS) is 13.5. The standard InChI is InChI=1S/C22H26N6O4S.C8H15N3O2S/c1-22(2,3)32-21(31)27-17-8-16-12(9-24-17)7-13(33-16)10-26-19(29)15-5-6-18-25-11-14(23-4)20(30)28(15)18;1-3-11(4-5-13-2)8(10)14-7(9)6-12/h7-9,11,15,23H,5-6,10H2,1-4H3,(H,26,29)(H,24,27,31);6,9-10H,3-5H2,1-2H3. The molecule has 3 aromatic heterocycles. The summed E-state index contributed by atoms with van der Waals surface area (Å²) in [6.45, 7) is 9.42. The highest BCUT2D eigenvalue weighted by atomic mass is 32.2. The van der Waals surface area contributed by atoms with E-state index in [2.05, 4.69) is 25.9 Å². The van der Waals surface area contributed by atoms with Gasteiger partial charge in [-0.3, -0.25) is 35.1 Å². The van der Waals surface area contributed by atoms with Gasteiger partial charge in [0.05, 0.1) is 19.3 Å². The van der Waals surface area contributed by atoms with Gasteiger partial charge in [-0.1, -0.05) is 0 Å². The first kappa shape index (κ1) is 37.1. The number of carbonyl (C=O) groups is 3. The summed E-state index contributed by atoms with van der Waals surface area (Å²) in [5.41, 5.74) is -0.470. The SMILES string of the molecule is CCN(CCOC)C(=N)SC(=N)C=O.CNc1cnc2n(c1=O)C(C(=O)NCc1cc3cnc(NC(=O)OC(C)(C)C)cc3s1)CC2. The van der Waals surface area contributed by atoms with Gasteiger partial charge in [-0.15, -0.1) is 11.3 Å². The lowest BCUT2D eigenvalue weighted by atomic mass is 10.2. The molecule has 0 aliphatic carbocycles. The van der Waals surface area contributed by atoms with E-state index in [0.29, 0.717) is 62.7 Å². The molecule has 0 saturated carbocycles. The minimum atomic E-state index is -0.599. The third kappa shape index (κ3) is 10.6. The number of aryl methyl sites for hydroxylation is 1. The molecule has 254 valence electrons. The van der Waals surface area contributed by atoms with E-state index in [4.69, 9.17) is 20.3 Å². The molecule has 2 amide bonds. The lowest BCUT2D eigenvalue weighted by molar-refractivity contribution is -0.124. The Morgan fingerprint density at radius 1 is 1.23 bits per heavy atom. The monoisotopic (exact) mass is 687 g/mol. The van der Waals surface area contributed by atoms with E-state index in [1.165, 1.54) is 22.1 Å². The van der Waals surface area contributed by atoms with E-state index in [-0.39, 0.29) is 21.7 Å². The number of nitrogens with one attached hydrogen (secondary N) is 5. The van der Waals surface area contributed by atoms with Crippen LogP contribution in [0.15, 0.2) is 29.3 Å². The molecule has 1 aliphatic rings. The van der Waals surface area contributed by atoms with Crippen LogP contribution in [0.5, 0.6) is 0 Å². The van der Waals surface area contributed by atoms with Crippen molar-refractivity contribution in [1.82, 2.24) is 24.8 Å². The number of rotatable bonds is 10. The van der Waals surface area contributed by atoms with Crippen molar-refractivity contribution in [3.63, 3.8) is 0 Å². The molecule has 1 aliphatic heterocycles. The molecule has 1 atom stereocenters. The molecule has 5 N–H and O–H groups in total. The Bertz CT molecular complexity index is 1670. The second-order valence-electron chi connectivity index (χ2n) is 11.2. The zero-order valence-electron chi connectivity index (χ0n) is 27.3. The highest BCUT2D eigenvalue weighted by Crippen LogP contribution is 2.28. The van der Waals surface area contributed by atoms with Crippen LogP contribution in [-0.2, 0) is 32.0 Å². The van der Waals surface area contributed by atoms with Crippen molar-refractivity contribution in [2.45, 2.75) is 58.7 Å². The Morgan fingerprint density at radius 3 is 2.62 bits per heavy atom. The number of thioether (sulfide) groups is 1. The lowest BCUT2D eigenvalue weighted by Crippen LogP contribution is -2.36. The highest BCUT2D eigenvalue weighted by molar-refractivity contribution is 8.27. The van der Waals surface area contributed by atoms with Crippen LogP contribution in [0.4, 0.5) is 16.3 Å². The summed E-state index contributed by atoms with van der Waals surface area (Å²) >= 11 is 2.34. The van der Waals surface area contributed by atoms with Crippen LogP contribution >= 0.6 is 23.1 Å². The molecule has 3 aromatic rings. The summed E-state index contributed by atoms with van der Waals surface area (Å²) in [5.74, 6) is 0.801. The van der Waals surface area contributed by atoms with E-state index in [9.17, 15) is 19.2 Å². The van der Waals surface area contributed by atoms with E-state index < -0.39 is 17.7 Å². The molecule has 0 aromatic carbocycles. The van der Waals surface area contributed by atoms with Gasteiger partial charge in [-0.05, 0) is 58.0 Å². The Labute approximate surface area is 280 Å². The Hall–Kier alpha value is -4.35. The van der Waals surface area contributed by atoms with Gasteiger partial charge in [0.25, 0.3) is 5.56 Å². The number of amides is 2. The van der Waals surface area contributed by atoms with Gasteiger partial charge in [0.2, 0.25) is 5.91 Å². The topological polar surface area (TPSA) is 204 Å². The van der Waals surface area contributed by atoms with Gasteiger partial charge in [0, 0.05) is 54.8 Å². The first-order chi connectivity index (χ1) is 22.3. The van der Waals surface area contributed by atoms with Crippen LogP contribution in [0.25, 0.3) is 10.1 Å². The maximum Gasteiger partial charge on any atom is 0.413 e. The minimum Gasteiger partial charge on any atom is -0.444 e. The number of amidine groups is 1. The largest absolute Gasteiger partial charge is 0.444 e. The number of ether oxygens (including phenoxy) is 2. The van der Waals surface area contributed by atoms with E-state index >= 15 is 0 Å². The number of pyridine rings is 1. The summed E-state index contributed by atoms with van der Waals surface area (Å²) in [6, 6.07) is 3.14. The highest BCUT2D eigenvalue weighted by Gasteiger charge is 2.31. The number of anilines is 2. The number of methoxy groups -OCH3 is 1. The van der Waals surface area contributed by atoms with Crippen LogP contribution in [0.1, 0.15) is 50.9 Å². The van der Waals surface area contributed by atoms with Crippen molar-refractivity contribution >= 4 is 73.2 Å². The van der Waals surface area contributed by atoms with Gasteiger partial charge in [-0.2, -0.15) is 0 Å². The molecule has 4 rings (SSSR count). The summed E-state index contributed by atoms with van der Waals surface area (Å²) in [6.07, 6.45) is 4.16. The van der Waals surface area contributed by atoms with Crippen molar-refractivity contribution < 1.29 is 23.9 Å². The molecule has 0 saturated heterocycles. The van der Waals surface area contributed by atoms with Gasteiger partial charge in [-0.25, -0.2) is 14.8 Å². The number of carbonyl (C=O) groups excluding carboxylic acids is 3. The molecule has 15 nitrogen and oxygen atoms in total. The third-order valence-electron chi connectivity index (χ3n) is 6.66. The summed E-state index contributed by atoms with van der Waals surface area (Å²) in [5, 5.41) is 24.1. The Balaban J connectivity index is 0.000000363. The number of nitrogens with zero attached hydrogens (tertiary/aromatic N) is 4. The zero-order valence-corrected chi connectivity index (χ0v) is 28.9. The number of aromatic nitrogens is 3. The molecule has 0 bridgehead atoms. The van der Waals surface area contributed by atoms with Crippen LogP contribution in [0.3, 0.4) is 0 Å². The molecular formula is C30H41N9O6S2. The quantitative estimate of drug-likeness (QED) is 0.118. The van der Waals surface area contributed by atoms with Gasteiger partial charge in [0.1, 0.15) is 34.0 Å². The number of likely N-dealkylation sites (N-methyl/N-ethyl adjacent to an activating group) is 1. The Morgan fingerprint density at radius 2 is 1.98 bits per heavy atom. The third-order valence-corrected chi connectivity index (χ3v) is 8.53. The van der Waals surface area contributed by atoms with E-state index in [1.54, 1.807) is 52.1 Å². The van der Waals surface area contributed by atoms with Crippen molar-refractivity contribution in [1.29, 1.82) is 10.8 Å². The van der Waals surface area contributed by atoms with Crippen LogP contribution in [0, 0.1) is 10.8 Å². The zero-order chi connectivity index (χ0) is 34.7. The van der Waals surface area contributed by atoms with Gasteiger partial charge < -0.3 is 25.0 Å². The van der Waals surface area contributed by atoms with Crippen LogP contribution in [-0.4, -0.2) is 87.4 Å². The first-order valence-corrected chi connectivity index (χ1v) is 16.4. The van der Waals surface area contributed by atoms with Crippen LogP contribution in [0.2, 0.25) is 0 Å². The van der Waals surface area contributed by atoms with E-state index in [0.717, 1.165) is 26.7 Å². The summed E-state index contributed by atoms with van der Waals surface area (Å²) < 4.78 is 12.5. The van der Waals surface area contributed by atoms with Crippen molar-refractivity contribution in [3.8, 4) is 0 Å². The van der Waals surface area contributed by atoms with Crippen LogP contribution < -0.4 is 21.5 Å². The molecule has 0 spiro atoms. The molecule has 17 heteroatoms. The van der Waals surface area contributed by atoms with Gasteiger partial charge in [0.15, 0.2) is 11.5 Å². The molecular weight excluding hydrogens is 647 g/mol. The fraction of sp³-hybridized carbons (Fsp3) is 0.467. The predicted molar refractivity (Wildman–Crippen MR) is 185 cm³/mol. The van der Waals surface area contributed by atoms with E-state index in [1.807, 2.05) is 13.0 Å². The van der Waals surface area contributed by atoms with Crippen molar-refractivity contribution in [2.75, 3.05) is 44.5 Å². The smallest absolute Gasteiger partial charge is 0.413 e. The second kappa shape index (κ2) is 17.0. The fourth-order valence-corrected chi connectivity index (χ4v) is 6.08. The molecule has 47 heavy (non-hydrogen) atoms. The average Bonchev–Trinajstić information content (AvgIpc) is 3.64. The number of hydrogen-bond donors (Lipinski definition) is 5. The summed E-state index contributed by atoms with van der Waals surface area (Å²) in [7, 11) is 3.25. The molecule has 4 heterocycles. The second-order valence-corrected chi connectivity index (χ2v) is 13.4. The van der Waals surface area contributed by atoms with Crippen molar-refractivity contribution in [2.24, 2.45) is 0 Å². The van der Waals surface area contributed by atoms with Gasteiger partial charge >= 0.3 is 6.09 Å².